The summed E-state index contributed by atoms with van der Waals surface area (Å²) in [6.07, 6.45) is 0. The molecule has 0 aromatic heterocycles. The summed E-state index contributed by atoms with van der Waals surface area (Å²) >= 11 is 5.83. The summed E-state index contributed by atoms with van der Waals surface area (Å²) in [4.78, 5) is 24.9. The molecule has 0 atom stereocenters. The Kier molecular flexibility index (Phi) is 5.82. The summed E-state index contributed by atoms with van der Waals surface area (Å²) in [6, 6.07) is 12.1. The lowest BCUT2D eigenvalue weighted by molar-refractivity contribution is -0.128. The molecule has 1 aliphatic rings. The molecule has 0 aliphatic carbocycles. The predicted octanol–water partition coefficient (Wildman–Crippen LogP) is 3.18. The van der Waals surface area contributed by atoms with E-state index in [1.54, 1.807) is 36.4 Å². The number of aryl methyl sites for hydroxylation is 2. The molecule has 1 heterocycles. The third kappa shape index (κ3) is 4.21. The highest BCUT2D eigenvalue weighted by Gasteiger charge is 2.43. The molecule has 8 heteroatoms. The molecule has 29 heavy (non-hydrogen) atoms. The van der Waals surface area contributed by atoms with Crippen molar-refractivity contribution in [2.24, 2.45) is 0 Å². The van der Waals surface area contributed by atoms with Gasteiger partial charge in [-0.2, -0.15) is 0 Å². The Balaban J connectivity index is 1.77. The zero-order chi connectivity index (χ0) is 21.3. The monoisotopic (exact) mass is 432 g/mol. The first-order valence-electron chi connectivity index (χ1n) is 8.98. The van der Waals surface area contributed by atoms with Crippen LogP contribution in [0.5, 0.6) is 0 Å². The molecule has 0 saturated carbocycles. The molecule has 0 radical (unpaired) electrons. The molecule has 0 bridgehead atoms. The maximum Gasteiger partial charge on any atom is 0.268 e. The summed E-state index contributed by atoms with van der Waals surface area (Å²) < 4.78 is 26.6. The van der Waals surface area contributed by atoms with Crippen LogP contribution in [0.1, 0.15) is 29.2 Å². The van der Waals surface area contributed by atoms with Crippen LogP contribution >= 0.6 is 11.6 Å². The van der Waals surface area contributed by atoms with Gasteiger partial charge in [0.1, 0.15) is 11.4 Å². The molecule has 1 aliphatic heterocycles. The average Bonchev–Trinajstić information content (AvgIpc) is 2.83. The quantitative estimate of drug-likeness (QED) is 0.786. The van der Waals surface area contributed by atoms with Crippen molar-refractivity contribution in [2.75, 3.05) is 6.54 Å². The van der Waals surface area contributed by atoms with Crippen molar-refractivity contribution in [1.82, 2.24) is 9.62 Å². The Morgan fingerprint density at radius 1 is 1.03 bits per heavy atom. The zero-order valence-electron chi connectivity index (χ0n) is 16.3. The molecule has 0 saturated heterocycles. The van der Waals surface area contributed by atoms with E-state index in [1.807, 2.05) is 19.9 Å². The van der Waals surface area contributed by atoms with Crippen molar-refractivity contribution in [2.45, 2.75) is 27.3 Å². The van der Waals surface area contributed by atoms with Gasteiger partial charge in [-0.1, -0.05) is 41.9 Å². The van der Waals surface area contributed by atoms with E-state index in [0.29, 0.717) is 14.9 Å². The van der Waals surface area contributed by atoms with Crippen molar-refractivity contribution in [3.8, 4) is 0 Å². The van der Waals surface area contributed by atoms with Gasteiger partial charge in [-0.3, -0.25) is 9.59 Å². The van der Waals surface area contributed by atoms with Gasteiger partial charge in [0.05, 0.1) is 0 Å². The Hall–Kier alpha value is -2.64. The molecule has 2 aromatic carbocycles. The first kappa shape index (κ1) is 21.1. The van der Waals surface area contributed by atoms with Crippen molar-refractivity contribution in [3.05, 3.63) is 75.3 Å². The number of hydrogen-bond donors (Lipinski definition) is 1. The van der Waals surface area contributed by atoms with Gasteiger partial charge in [0.2, 0.25) is 5.91 Å². The van der Waals surface area contributed by atoms with Gasteiger partial charge < -0.3 is 5.32 Å². The molecule has 152 valence electrons. The second-order valence-corrected chi connectivity index (χ2v) is 9.21. The van der Waals surface area contributed by atoms with Crippen LogP contribution in [-0.4, -0.2) is 31.1 Å². The first-order valence-corrected chi connectivity index (χ1v) is 10.8. The fraction of sp³-hybridized carbons (Fsp3) is 0.238. The standard InChI is InChI=1S/C21H21ClN2O4S/c1-13-4-7-17(10-14(13)2)20-15(3)21(26)24(29(20,27)28)12-19(25)23-11-16-5-8-18(22)9-6-16/h4-10H,11-12H2,1-3H3,(H,23,25). The number of nitrogens with one attached hydrogen (secondary N) is 1. The smallest absolute Gasteiger partial charge is 0.268 e. The molecule has 2 aromatic rings. The molecule has 6 nitrogen and oxygen atoms in total. The van der Waals surface area contributed by atoms with E-state index in [4.69, 9.17) is 11.6 Å². The van der Waals surface area contributed by atoms with Crippen LogP contribution in [0.4, 0.5) is 0 Å². The lowest BCUT2D eigenvalue weighted by Crippen LogP contribution is -2.40. The number of nitrogens with zero attached hydrogens (tertiary/aromatic N) is 1. The highest BCUT2D eigenvalue weighted by atomic mass is 35.5. The van der Waals surface area contributed by atoms with Crippen LogP contribution in [-0.2, 0) is 26.2 Å². The number of sulfonamides is 1. The summed E-state index contributed by atoms with van der Waals surface area (Å²) in [6.45, 7) is 4.90. The lowest BCUT2D eigenvalue weighted by atomic mass is 10.0. The van der Waals surface area contributed by atoms with Crippen LogP contribution in [0.25, 0.3) is 4.91 Å². The minimum absolute atomic E-state index is 0.0453. The minimum Gasteiger partial charge on any atom is -0.350 e. The van der Waals surface area contributed by atoms with E-state index in [-0.39, 0.29) is 17.0 Å². The van der Waals surface area contributed by atoms with Crippen molar-refractivity contribution < 1.29 is 18.0 Å². The number of halogens is 1. The Morgan fingerprint density at radius 3 is 2.31 bits per heavy atom. The number of hydrogen-bond acceptors (Lipinski definition) is 4. The van der Waals surface area contributed by atoms with Gasteiger partial charge in [0, 0.05) is 17.1 Å². The average molecular weight is 433 g/mol. The van der Waals surface area contributed by atoms with Crippen molar-refractivity contribution in [3.63, 3.8) is 0 Å². The van der Waals surface area contributed by atoms with Crippen LogP contribution in [0.15, 0.2) is 48.0 Å². The van der Waals surface area contributed by atoms with Gasteiger partial charge >= 0.3 is 0 Å². The van der Waals surface area contributed by atoms with Gasteiger partial charge in [-0.15, -0.1) is 0 Å². The largest absolute Gasteiger partial charge is 0.350 e. The number of rotatable bonds is 5. The molecular weight excluding hydrogens is 412 g/mol. The molecule has 0 unspecified atom stereocenters. The maximum absolute atomic E-state index is 13.0. The van der Waals surface area contributed by atoms with E-state index in [2.05, 4.69) is 5.32 Å². The molecule has 1 N–H and O–H groups in total. The number of amides is 2. The van der Waals surface area contributed by atoms with Crippen LogP contribution in [0.2, 0.25) is 5.02 Å². The van der Waals surface area contributed by atoms with E-state index < -0.39 is 28.4 Å². The fourth-order valence-corrected chi connectivity index (χ4v) is 4.98. The lowest BCUT2D eigenvalue weighted by Gasteiger charge is -2.17. The number of carbonyl (C=O) groups excluding carboxylic acids is 2. The Morgan fingerprint density at radius 2 is 1.69 bits per heavy atom. The second-order valence-electron chi connectivity index (χ2n) is 6.97. The number of benzene rings is 2. The van der Waals surface area contributed by atoms with Crippen LogP contribution in [0, 0.1) is 13.8 Å². The van der Waals surface area contributed by atoms with Crippen LogP contribution in [0.3, 0.4) is 0 Å². The van der Waals surface area contributed by atoms with Gasteiger partial charge in [0.25, 0.3) is 15.9 Å². The normalized spacial score (nSPS) is 15.7. The summed E-state index contributed by atoms with van der Waals surface area (Å²) in [7, 11) is -4.11. The van der Waals surface area contributed by atoms with Gasteiger partial charge in [-0.05, 0) is 55.2 Å². The van der Waals surface area contributed by atoms with E-state index >= 15 is 0 Å². The van der Waals surface area contributed by atoms with Crippen LogP contribution < -0.4 is 5.32 Å². The number of carbonyl (C=O) groups is 2. The second kappa shape index (κ2) is 8.00. The summed E-state index contributed by atoms with van der Waals surface area (Å²) in [5.41, 5.74) is 3.31. The van der Waals surface area contributed by atoms with E-state index in [9.17, 15) is 18.0 Å². The highest BCUT2D eigenvalue weighted by Crippen LogP contribution is 2.35. The third-order valence-corrected chi connectivity index (χ3v) is 7.08. The maximum atomic E-state index is 13.0. The molecular formula is C21H21ClN2O4S. The SMILES string of the molecule is CC1=C(c2ccc(C)c(C)c2)S(=O)(=O)N(CC(=O)NCc2ccc(Cl)cc2)C1=O. The summed E-state index contributed by atoms with van der Waals surface area (Å²) in [5.74, 6) is -1.24. The highest BCUT2D eigenvalue weighted by molar-refractivity contribution is 7.99. The fourth-order valence-electron chi connectivity index (χ4n) is 3.09. The molecule has 0 fully saturated rings. The Bertz CT molecular complexity index is 1120. The Labute approximate surface area is 175 Å². The molecule has 2 amide bonds. The minimum atomic E-state index is -4.11. The topological polar surface area (TPSA) is 83.6 Å². The third-order valence-electron chi connectivity index (χ3n) is 4.90. The van der Waals surface area contributed by atoms with E-state index in [1.165, 1.54) is 6.92 Å². The summed E-state index contributed by atoms with van der Waals surface area (Å²) in [5, 5.41) is 3.21. The molecule has 0 spiro atoms. The molecule has 3 rings (SSSR count). The van der Waals surface area contributed by atoms with Crippen molar-refractivity contribution in [1.29, 1.82) is 0 Å². The van der Waals surface area contributed by atoms with Gasteiger partial charge in [-0.25, -0.2) is 12.7 Å². The predicted molar refractivity (Wildman–Crippen MR) is 112 cm³/mol. The van der Waals surface area contributed by atoms with Crippen molar-refractivity contribution >= 4 is 38.3 Å². The first-order chi connectivity index (χ1) is 13.6. The zero-order valence-corrected chi connectivity index (χ0v) is 17.9. The van der Waals surface area contributed by atoms with Gasteiger partial charge in [0.15, 0.2) is 0 Å². The van der Waals surface area contributed by atoms with E-state index in [0.717, 1.165) is 16.7 Å².